The van der Waals surface area contributed by atoms with E-state index in [0.29, 0.717) is 17.9 Å². The third kappa shape index (κ3) is 2.53. The molecule has 0 heterocycles. The average molecular weight is 188 g/mol. The Morgan fingerprint density at radius 1 is 1.57 bits per heavy atom. The molecular formula is C11H12N2O. The Balaban J connectivity index is 2.85. The first kappa shape index (κ1) is 10.1. The van der Waals surface area contributed by atoms with E-state index < -0.39 is 0 Å². The van der Waals surface area contributed by atoms with E-state index in [1.54, 1.807) is 19.3 Å². The van der Waals surface area contributed by atoms with Gasteiger partial charge in [0.25, 0.3) is 0 Å². The Morgan fingerprint density at radius 2 is 2.36 bits per heavy atom. The van der Waals surface area contributed by atoms with Crippen LogP contribution >= 0.6 is 0 Å². The van der Waals surface area contributed by atoms with Gasteiger partial charge in [0.05, 0.1) is 25.3 Å². The molecule has 1 aromatic rings. The highest BCUT2D eigenvalue weighted by Crippen LogP contribution is 2.22. The molecule has 0 spiro atoms. The van der Waals surface area contributed by atoms with Gasteiger partial charge in [-0.25, -0.2) is 0 Å². The van der Waals surface area contributed by atoms with Crippen LogP contribution in [-0.2, 0) is 0 Å². The van der Waals surface area contributed by atoms with Gasteiger partial charge in [-0.15, -0.1) is 0 Å². The zero-order valence-electron chi connectivity index (χ0n) is 8.03. The second-order valence-electron chi connectivity index (χ2n) is 2.77. The van der Waals surface area contributed by atoms with Crippen molar-refractivity contribution in [3.63, 3.8) is 0 Å². The first-order valence-electron chi connectivity index (χ1n) is 4.25. The normalized spacial score (nSPS) is 10.0. The number of hydrogen-bond acceptors (Lipinski definition) is 3. The molecule has 2 N–H and O–H groups in total. The van der Waals surface area contributed by atoms with Gasteiger partial charge < -0.3 is 10.5 Å². The van der Waals surface area contributed by atoms with Crippen molar-refractivity contribution in [1.82, 2.24) is 0 Å². The van der Waals surface area contributed by atoms with E-state index in [1.807, 2.05) is 24.3 Å². The van der Waals surface area contributed by atoms with Crippen LogP contribution in [0, 0.1) is 11.3 Å². The number of benzene rings is 1. The number of nitrogens with zero attached hydrogens (tertiary/aromatic N) is 1. The third-order valence-corrected chi connectivity index (χ3v) is 1.78. The molecule has 0 saturated carbocycles. The summed E-state index contributed by atoms with van der Waals surface area (Å²) in [6.45, 7) is 0. The first-order chi connectivity index (χ1) is 6.77. The van der Waals surface area contributed by atoms with Gasteiger partial charge >= 0.3 is 0 Å². The molecule has 0 atom stereocenters. The summed E-state index contributed by atoms with van der Waals surface area (Å²) < 4.78 is 5.07. The fraction of sp³-hybridized carbons (Fsp3) is 0.182. The zero-order chi connectivity index (χ0) is 10.4. The van der Waals surface area contributed by atoms with Gasteiger partial charge in [0, 0.05) is 0 Å². The van der Waals surface area contributed by atoms with Gasteiger partial charge in [0.15, 0.2) is 0 Å². The van der Waals surface area contributed by atoms with E-state index in [4.69, 9.17) is 15.7 Å². The highest BCUT2D eigenvalue weighted by Gasteiger charge is 1.97. The summed E-state index contributed by atoms with van der Waals surface area (Å²) in [6, 6.07) is 7.53. The van der Waals surface area contributed by atoms with Gasteiger partial charge in [0.2, 0.25) is 0 Å². The second kappa shape index (κ2) is 4.93. The summed E-state index contributed by atoms with van der Waals surface area (Å²) in [4.78, 5) is 0. The lowest BCUT2D eigenvalue weighted by atomic mass is 10.1. The SMILES string of the molecule is COc1cc(C=CCC#N)ccc1N. The summed E-state index contributed by atoms with van der Waals surface area (Å²) in [5.74, 6) is 0.657. The molecule has 0 saturated heterocycles. The topological polar surface area (TPSA) is 59.0 Å². The lowest BCUT2D eigenvalue weighted by molar-refractivity contribution is 0.417. The molecular weight excluding hydrogens is 176 g/mol. The monoisotopic (exact) mass is 188 g/mol. The average Bonchev–Trinajstić information content (AvgIpc) is 2.21. The third-order valence-electron chi connectivity index (χ3n) is 1.78. The maximum absolute atomic E-state index is 8.34. The summed E-state index contributed by atoms with van der Waals surface area (Å²) in [7, 11) is 1.58. The quantitative estimate of drug-likeness (QED) is 0.740. The van der Waals surface area contributed by atoms with E-state index in [-0.39, 0.29) is 0 Å². The summed E-state index contributed by atoms with van der Waals surface area (Å²) in [5.41, 5.74) is 7.25. The smallest absolute Gasteiger partial charge is 0.142 e. The number of nitrogens with two attached hydrogens (primary N) is 1. The molecule has 3 nitrogen and oxygen atoms in total. The molecule has 0 fully saturated rings. The fourth-order valence-corrected chi connectivity index (χ4v) is 1.08. The van der Waals surface area contributed by atoms with Crippen LogP contribution in [0.25, 0.3) is 6.08 Å². The number of ether oxygens (including phenoxy) is 1. The maximum Gasteiger partial charge on any atom is 0.142 e. The Bertz CT molecular complexity index is 377. The largest absolute Gasteiger partial charge is 0.495 e. The molecule has 0 amide bonds. The van der Waals surface area contributed by atoms with Crippen molar-refractivity contribution in [2.45, 2.75) is 6.42 Å². The molecule has 1 aromatic carbocycles. The molecule has 0 aliphatic carbocycles. The minimum atomic E-state index is 0.409. The molecule has 0 bridgehead atoms. The minimum absolute atomic E-state index is 0.409. The van der Waals surface area contributed by atoms with E-state index in [0.717, 1.165) is 5.56 Å². The molecule has 0 aromatic heterocycles. The van der Waals surface area contributed by atoms with E-state index >= 15 is 0 Å². The lowest BCUT2D eigenvalue weighted by Gasteiger charge is -2.04. The fourth-order valence-electron chi connectivity index (χ4n) is 1.08. The highest BCUT2D eigenvalue weighted by atomic mass is 16.5. The van der Waals surface area contributed by atoms with E-state index in [2.05, 4.69) is 0 Å². The Labute approximate surface area is 83.4 Å². The number of nitrogen functional groups attached to an aromatic ring is 1. The van der Waals surface area contributed by atoms with Crippen LogP contribution in [0.5, 0.6) is 5.75 Å². The van der Waals surface area contributed by atoms with E-state index in [1.165, 1.54) is 0 Å². The van der Waals surface area contributed by atoms with Gasteiger partial charge in [-0.1, -0.05) is 18.2 Å². The highest BCUT2D eigenvalue weighted by molar-refractivity contribution is 5.61. The van der Waals surface area contributed by atoms with Gasteiger partial charge in [-0.2, -0.15) is 5.26 Å². The second-order valence-corrected chi connectivity index (χ2v) is 2.77. The molecule has 3 heteroatoms. The molecule has 0 unspecified atom stereocenters. The Morgan fingerprint density at radius 3 is 3.00 bits per heavy atom. The van der Waals surface area contributed by atoms with Crippen molar-refractivity contribution < 1.29 is 4.74 Å². The summed E-state index contributed by atoms with van der Waals surface area (Å²) in [6.07, 6.45) is 4.07. The predicted molar refractivity (Wildman–Crippen MR) is 56.7 cm³/mol. The maximum atomic E-state index is 8.34. The van der Waals surface area contributed by atoms with Gasteiger partial charge in [-0.05, 0) is 17.7 Å². The predicted octanol–water partition coefficient (Wildman–Crippen LogP) is 2.20. The van der Waals surface area contributed by atoms with Crippen molar-refractivity contribution in [2.75, 3.05) is 12.8 Å². The minimum Gasteiger partial charge on any atom is -0.495 e. The Hall–Kier alpha value is -1.95. The summed E-state index contributed by atoms with van der Waals surface area (Å²) >= 11 is 0. The molecule has 0 aliphatic heterocycles. The van der Waals surface area contributed by atoms with Crippen LogP contribution in [0.1, 0.15) is 12.0 Å². The number of rotatable bonds is 3. The first-order valence-corrected chi connectivity index (χ1v) is 4.25. The standard InChI is InChI=1S/C11H12N2O/c1-14-11-8-9(4-2-3-7-12)5-6-10(11)13/h2,4-6,8H,3,13H2,1H3. The number of methoxy groups -OCH3 is 1. The van der Waals surface area contributed by atoms with Gasteiger partial charge in [-0.3, -0.25) is 0 Å². The molecule has 1 rings (SSSR count). The molecule has 0 aliphatic rings. The number of anilines is 1. The van der Waals surface area contributed by atoms with E-state index in [9.17, 15) is 0 Å². The molecule has 0 radical (unpaired) electrons. The number of hydrogen-bond donors (Lipinski definition) is 1. The lowest BCUT2D eigenvalue weighted by Crippen LogP contribution is -1.91. The van der Waals surface area contributed by atoms with Crippen molar-refractivity contribution in [3.05, 3.63) is 29.8 Å². The molecule has 14 heavy (non-hydrogen) atoms. The molecule has 72 valence electrons. The van der Waals surface area contributed by atoms with Gasteiger partial charge in [0.1, 0.15) is 5.75 Å². The van der Waals surface area contributed by atoms with Crippen molar-refractivity contribution in [1.29, 1.82) is 5.26 Å². The van der Waals surface area contributed by atoms with Crippen LogP contribution in [0.2, 0.25) is 0 Å². The summed E-state index contributed by atoms with van der Waals surface area (Å²) in [5, 5.41) is 8.34. The number of allylic oxidation sites excluding steroid dienone is 1. The van der Waals surface area contributed by atoms with Crippen LogP contribution in [-0.4, -0.2) is 7.11 Å². The van der Waals surface area contributed by atoms with Crippen molar-refractivity contribution in [2.24, 2.45) is 0 Å². The van der Waals surface area contributed by atoms with Crippen LogP contribution < -0.4 is 10.5 Å². The van der Waals surface area contributed by atoms with Crippen molar-refractivity contribution in [3.8, 4) is 11.8 Å². The van der Waals surface area contributed by atoms with Crippen LogP contribution in [0.15, 0.2) is 24.3 Å². The zero-order valence-corrected chi connectivity index (χ0v) is 8.03. The van der Waals surface area contributed by atoms with Crippen LogP contribution in [0.4, 0.5) is 5.69 Å². The Kier molecular flexibility index (Phi) is 3.57. The number of nitriles is 1. The van der Waals surface area contributed by atoms with Crippen molar-refractivity contribution >= 4 is 11.8 Å². The van der Waals surface area contributed by atoms with Crippen LogP contribution in [0.3, 0.4) is 0 Å².